The topological polar surface area (TPSA) is 104 Å². The van der Waals surface area contributed by atoms with Crippen LogP contribution in [0.2, 0.25) is 0 Å². The molecule has 7 heteroatoms. The molecule has 0 fully saturated rings. The second kappa shape index (κ2) is 3.02. The third-order valence-electron chi connectivity index (χ3n) is 1.82. The summed E-state index contributed by atoms with van der Waals surface area (Å²) >= 11 is 0. The number of hydrogen-bond acceptors (Lipinski definition) is 7. The highest BCUT2D eigenvalue weighted by Gasteiger charge is 2.13. The summed E-state index contributed by atoms with van der Waals surface area (Å²) in [5.74, 6) is 0.488. The number of nitrogen functional groups attached to an aromatic ring is 1. The lowest BCUT2D eigenvalue weighted by atomic mass is 10.3. The average Bonchev–Trinajstić information content (AvgIpc) is 2.57. The van der Waals surface area contributed by atoms with E-state index in [9.17, 15) is 0 Å². The number of aryl methyl sites for hydroxylation is 2. The molecule has 2 aromatic heterocycles. The number of aromatic nitrogens is 5. The third-order valence-corrected chi connectivity index (χ3v) is 1.82. The summed E-state index contributed by atoms with van der Waals surface area (Å²) < 4.78 is 4.44. The van der Waals surface area contributed by atoms with E-state index in [1.54, 1.807) is 0 Å². The van der Waals surface area contributed by atoms with E-state index < -0.39 is 0 Å². The Kier molecular flexibility index (Phi) is 1.84. The van der Waals surface area contributed by atoms with Gasteiger partial charge in [-0.1, -0.05) is 0 Å². The maximum Gasteiger partial charge on any atom is 0.208 e. The van der Waals surface area contributed by atoms with Crippen LogP contribution in [0.1, 0.15) is 11.4 Å². The smallest absolute Gasteiger partial charge is 0.208 e. The fraction of sp³-hybridized carbons (Fsp3) is 0.286. The van der Waals surface area contributed by atoms with Gasteiger partial charge in [-0.15, -0.1) is 5.10 Å². The predicted octanol–water partition coefficient (Wildman–Crippen LogP) is 0.121. The maximum atomic E-state index is 5.49. The molecule has 0 unspecified atom stereocenters. The van der Waals surface area contributed by atoms with Crippen molar-refractivity contribution in [2.45, 2.75) is 13.8 Å². The largest absolute Gasteiger partial charge is 0.379 e. The lowest BCUT2D eigenvalue weighted by molar-refractivity contribution is 0.310. The van der Waals surface area contributed by atoms with Crippen molar-refractivity contribution in [3.8, 4) is 11.5 Å². The van der Waals surface area contributed by atoms with Gasteiger partial charge in [-0.2, -0.15) is 5.10 Å². The van der Waals surface area contributed by atoms with Crippen molar-refractivity contribution < 1.29 is 4.63 Å². The molecule has 2 heterocycles. The minimum Gasteiger partial charge on any atom is -0.379 e. The van der Waals surface area contributed by atoms with Gasteiger partial charge in [-0.25, -0.2) is 9.61 Å². The van der Waals surface area contributed by atoms with Crippen LogP contribution in [0.25, 0.3) is 11.5 Å². The zero-order valence-electron chi connectivity index (χ0n) is 7.72. The van der Waals surface area contributed by atoms with E-state index in [-0.39, 0.29) is 5.82 Å². The quantitative estimate of drug-likeness (QED) is 0.684. The Bertz CT molecular complexity index is 465. The molecule has 0 bridgehead atoms. The van der Waals surface area contributed by atoms with Gasteiger partial charge in [-0.05, 0) is 24.2 Å². The molecule has 2 N–H and O–H groups in total. The molecule has 0 amide bonds. The van der Waals surface area contributed by atoms with Gasteiger partial charge in [0.1, 0.15) is 0 Å². The average molecular weight is 192 g/mol. The van der Waals surface area contributed by atoms with Crippen LogP contribution < -0.4 is 5.73 Å². The fourth-order valence-electron chi connectivity index (χ4n) is 0.908. The molecule has 72 valence electrons. The van der Waals surface area contributed by atoms with E-state index >= 15 is 0 Å². The van der Waals surface area contributed by atoms with Crippen molar-refractivity contribution in [2.24, 2.45) is 0 Å². The van der Waals surface area contributed by atoms with Crippen molar-refractivity contribution >= 4 is 5.82 Å². The summed E-state index contributed by atoms with van der Waals surface area (Å²) in [7, 11) is 0. The van der Waals surface area contributed by atoms with Crippen molar-refractivity contribution in [1.82, 2.24) is 25.5 Å². The van der Waals surface area contributed by atoms with Gasteiger partial charge < -0.3 is 5.73 Å². The molecule has 0 aliphatic carbocycles. The monoisotopic (exact) mass is 192 g/mol. The van der Waals surface area contributed by atoms with E-state index in [1.165, 1.54) is 0 Å². The number of hydrogen-bond donors (Lipinski definition) is 1. The number of nitrogens with two attached hydrogens (primary N) is 1. The molecule has 0 radical (unpaired) electrons. The first-order chi connectivity index (χ1) is 6.68. The van der Waals surface area contributed by atoms with Crippen molar-refractivity contribution in [1.29, 1.82) is 0 Å². The standard InChI is InChI=1S/C7H8N6O/c1-3-4(2)10-11-7(9-3)5-6(8)13-14-12-5/h1-2H3,(H2,8,13). The van der Waals surface area contributed by atoms with Crippen LogP contribution in [-0.4, -0.2) is 25.5 Å². The van der Waals surface area contributed by atoms with Crippen molar-refractivity contribution in [3.63, 3.8) is 0 Å². The second-order valence-electron chi connectivity index (χ2n) is 2.80. The third kappa shape index (κ3) is 1.28. The summed E-state index contributed by atoms with van der Waals surface area (Å²) in [5.41, 5.74) is 7.35. The second-order valence-corrected chi connectivity index (χ2v) is 2.80. The van der Waals surface area contributed by atoms with Crippen LogP contribution in [0.5, 0.6) is 0 Å². The molecule has 2 aromatic rings. The zero-order chi connectivity index (χ0) is 10.1. The van der Waals surface area contributed by atoms with E-state index in [0.717, 1.165) is 11.4 Å². The summed E-state index contributed by atoms with van der Waals surface area (Å²) in [6, 6.07) is 0. The first kappa shape index (κ1) is 8.54. The van der Waals surface area contributed by atoms with Gasteiger partial charge in [-0.3, -0.25) is 0 Å². The fourth-order valence-corrected chi connectivity index (χ4v) is 0.908. The Labute approximate surface area is 79.3 Å². The molecular formula is C7H8N6O. The van der Waals surface area contributed by atoms with E-state index in [1.807, 2.05) is 13.8 Å². The van der Waals surface area contributed by atoms with Gasteiger partial charge in [0.15, 0.2) is 11.5 Å². The van der Waals surface area contributed by atoms with Gasteiger partial charge in [0.2, 0.25) is 5.82 Å². The molecule has 0 saturated carbocycles. The minimum absolute atomic E-state index is 0.162. The Morgan fingerprint density at radius 3 is 2.43 bits per heavy atom. The van der Waals surface area contributed by atoms with Crippen LogP contribution >= 0.6 is 0 Å². The summed E-state index contributed by atoms with van der Waals surface area (Å²) in [4.78, 5) is 4.16. The normalized spacial score (nSPS) is 10.4. The maximum absolute atomic E-state index is 5.49. The predicted molar refractivity (Wildman–Crippen MR) is 47.0 cm³/mol. The van der Waals surface area contributed by atoms with E-state index in [0.29, 0.717) is 11.5 Å². The van der Waals surface area contributed by atoms with Gasteiger partial charge in [0.25, 0.3) is 0 Å². The van der Waals surface area contributed by atoms with Gasteiger partial charge in [0.05, 0.1) is 11.4 Å². The summed E-state index contributed by atoms with van der Waals surface area (Å²) in [6.07, 6.45) is 0. The van der Waals surface area contributed by atoms with E-state index in [2.05, 4.69) is 30.1 Å². The SMILES string of the molecule is Cc1nnc(-c2nonc2N)nc1C. The molecule has 0 aliphatic heterocycles. The number of rotatable bonds is 1. The van der Waals surface area contributed by atoms with Gasteiger partial charge in [0, 0.05) is 0 Å². The molecular weight excluding hydrogens is 184 g/mol. The Morgan fingerprint density at radius 1 is 1.07 bits per heavy atom. The van der Waals surface area contributed by atoms with Crippen molar-refractivity contribution in [2.75, 3.05) is 5.73 Å². The number of nitrogens with zero attached hydrogens (tertiary/aromatic N) is 5. The molecule has 7 nitrogen and oxygen atoms in total. The first-order valence-electron chi connectivity index (χ1n) is 3.95. The molecule has 2 rings (SSSR count). The summed E-state index contributed by atoms with van der Waals surface area (Å²) in [5, 5.41) is 14.7. The highest BCUT2D eigenvalue weighted by atomic mass is 16.6. The Balaban J connectivity index is 2.53. The molecule has 0 atom stereocenters. The minimum atomic E-state index is 0.162. The lowest BCUT2D eigenvalue weighted by Crippen LogP contribution is -2.00. The van der Waals surface area contributed by atoms with E-state index in [4.69, 9.17) is 5.73 Å². The molecule has 0 spiro atoms. The lowest BCUT2D eigenvalue weighted by Gasteiger charge is -1.98. The van der Waals surface area contributed by atoms with Crippen LogP contribution in [0.4, 0.5) is 5.82 Å². The van der Waals surface area contributed by atoms with Crippen LogP contribution in [-0.2, 0) is 0 Å². The van der Waals surface area contributed by atoms with Crippen LogP contribution in [0, 0.1) is 13.8 Å². The first-order valence-corrected chi connectivity index (χ1v) is 3.95. The molecule has 0 aromatic carbocycles. The van der Waals surface area contributed by atoms with Crippen LogP contribution in [0.15, 0.2) is 4.63 Å². The highest BCUT2D eigenvalue weighted by molar-refractivity contribution is 5.61. The highest BCUT2D eigenvalue weighted by Crippen LogP contribution is 2.17. The molecule has 0 aliphatic rings. The van der Waals surface area contributed by atoms with Gasteiger partial charge >= 0.3 is 0 Å². The molecule has 0 saturated heterocycles. The Hall–Kier alpha value is -2.05. The zero-order valence-corrected chi connectivity index (χ0v) is 7.72. The Morgan fingerprint density at radius 2 is 1.86 bits per heavy atom. The van der Waals surface area contributed by atoms with Crippen molar-refractivity contribution in [3.05, 3.63) is 11.4 Å². The summed E-state index contributed by atoms with van der Waals surface area (Å²) in [6.45, 7) is 3.65. The number of anilines is 1. The molecule has 14 heavy (non-hydrogen) atoms. The van der Waals surface area contributed by atoms with Crippen LogP contribution in [0.3, 0.4) is 0 Å².